The van der Waals surface area contributed by atoms with Gasteiger partial charge in [0.15, 0.2) is 5.69 Å². The van der Waals surface area contributed by atoms with E-state index in [4.69, 9.17) is 28.9 Å². The van der Waals surface area contributed by atoms with E-state index in [-0.39, 0.29) is 5.69 Å². The molecule has 0 saturated carbocycles. The van der Waals surface area contributed by atoms with Crippen molar-refractivity contribution < 1.29 is 4.79 Å². The van der Waals surface area contributed by atoms with Gasteiger partial charge in [0.25, 0.3) is 5.91 Å². The molecule has 0 aliphatic rings. The summed E-state index contributed by atoms with van der Waals surface area (Å²) < 4.78 is 0. The van der Waals surface area contributed by atoms with Gasteiger partial charge in [0.2, 0.25) is 0 Å². The first-order valence-corrected chi connectivity index (χ1v) is 5.15. The van der Waals surface area contributed by atoms with Gasteiger partial charge in [-0.15, -0.1) is 0 Å². The summed E-state index contributed by atoms with van der Waals surface area (Å²) in [6.07, 6.45) is 1.55. The second-order valence-corrected chi connectivity index (χ2v) is 3.90. The molecule has 1 aromatic carbocycles. The summed E-state index contributed by atoms with van der Waals surface area (Å²) in [6.45, 7) is 0. The Bertz CT molecular complexity index is 551. The highest BCUT2D eigenvalue weighted by atomic mass is 35.5. The standard InChI is InChI=1S/C10H7Cl2N3O/c11-7-3-1-2-5(8(7)12)6-4-14-15-9(6)10(13)16/h1-4H,(H2,13,16)(H,14,15). The molecule has 82 valence electrons. The monoisotopic (exact) mass is 255 g/mol. The molecule has 0 aliphatic heterocycles. The van der Waals surface area contributed by atoms with Crippen molar-refractivity contribution in [3.63, 3.8) is 0 Å². The Kier molecular flexibility index (Phi) is 2.85. The Balaban J connectivity index is 2.63. The number of hydrogen-bond donors (Lipinski definition) is 2. The maximum absolute atomic E-state index is 11.1. The Morgan fingerprint density at radius 3 is 2.75 bits per heavy atom. The van der Waals surface area contributed by atoms with Crippen LogP contribution in [0.1, 0.15) is 10.5 Å². The lowest BCUT2D eigenvalue weighted by atomic mass is 10.1. The number of primary amides is 1. The second kappa shape index (κ2) is 4.15. The van der Waals surface area contributed by atoms with Crippen molar-refractivity contribution in [2.75, 3.05) is 0 Å². The fourth-order valence-electron chi connectivity index (χ4n) is 1.39. The molecule has 0 bridgehead atoms. The van der Waals surface area contributed by atoms with Gasteiger partial charge in [0.1, 0.15) is 0 Å². The minimum atomic E-state index is -0.618. The number of amides is 1. The quantitative estimate of drug-likeness (QED) is 0.866. The summed E-state index contributed by atoms with van der Waals surface area (Å²) in [4.78, 5) is 11.1. The van der Waals surface area contributed by atoms with Crippen LogP contribution in [0.2, 0.25) is 10.0 Å². The van der Waals surface area contributed by atoms with E-state index in [1.54, 1.807) is 24.4 Å². The molecule has 0 saturated heterocycles. The summed E-state index contributed by atoms with van der Waals surface area (Å²) in [5, 5.41) is 7.12. The highest BCUT2D eigenvalue weighted by Gasteiger charge is 2.16. The molecule has 0 spiro atoms. The number of carbonyl (C=O) groups excluding carboxylic acids is 1. The van der Waals surface area contributed by atoms with Crippen molar-refractivity contribution >= 4 is 29.1 Å². The van der Waals surface area contributed by atoms with Gasteiger partial charge >= 0.3 is 0 Å². The molecule has 4 nitrogen and oxygen atoms in total. The van der Waals surface area contributed by atoms with Crippen LogP contribution in [0.25, 0.3) is 11.1 Å². The lowest BCUT2D eigenvalue weighted by molar-refractivity contribution is 0.0996. The topological polar surface area (TPSA) is 71.8 Å². The zero-order chi connectivity index (χ0) is 11.7. The largest absolute Gasteiger partial charge is 0.364 e. The third-order valence-electron chi connectivity index (χ3n) is 2.12. The van der Waals surface area contributed by atoms with Gasteiger partial charge in [0, 0.05) is 17.3 Å². The van der Waals surface area contributed by atoms with Gasteiger partial charge in [-0.2, -0.15) is 5.10 Å². The highest BCUT2D eigenvalue weighted by Crippen LogP contribution is 2.34. The van der Waals surface area contributed by atoms with Crippen LogP contribution >= 0.6 is 23.2 Å². The van der Waals surface area contributed by atoms with Crippen molar-refractivity contribution in [3.8, 4) is 11.1 Å². The van der Waals surface area contributed by atoms with Crippen LogP contribution < -0.4 is 5.73 Å². The van der Waals surface area contributed by atoms with E-state index in [1.807, 2.05) is 0 Å². The zero-order valence-corrected chi connectivity index (χ0v) is 9.51. The van der Waals surface area contributed by atoms with Gasteiger partial charge in [-0.3, -0.25) is 9.89 Å². The Labute approximate surface area is 101 Å². The summed E-state index contributed by atoms with van der Waals surface area (Å²) in [5.41, 5.74) is 6.49. The molecule has 0 atom stereocenters. The first-order valence-electron chi connectivity index (χ1n) is 4.39. The number of aromatic nitrogens is 2. The predicted octanol–water partition coefficient (Wildman–Crippen LogP) is 2.48. The summed E-state index contributed by atoms with van der Waals surface area (Å²) in [5.74, 6) is -0.618. The predicted molar refractivity (Wildman–Crippen MR) is 62.6 cm³/mol. The van der Waals surface area contributed by atoms with E-state index in [0.717, 1.165) is 0 Å². The number of aromatic amines is 1. The van der Waals surface area contributed by atoms with Gasteiger partial charge in [-0.05, 0) is 6.07 Å². The Hall–Kier alpha value is -1.52. The average Bonchev–Trinajstić information content (AvgIpc) is 2.70. The minimum absolute atomic E-state index is 0.143. The molecular formula is C10H7Cl2N3O. The van der Waals surface area contributed by atoms with Crippen LogP contribution in [0, 0.1) is 0 Å². The van der Waals surface area contributed by atoms with E-state index in [9.17, 15) is 4.79 Å². The van der Waals surface area contributed by atoms with Crippen LogP contribution in [0.4, 0.5) is 0 Å². The van der Waals surface area contributed by atoms with Crippen LogP contribution in [0.3, 0.4) is 0 Å². The molecule has 1 heterocycles. The van der Waals surface area contributed by atoms with Gasteiger partial charge in [-0.1, -0.05) is 35.3 Å². The number of H-pyrrole nitrogens is 1. The molecule has 3 N–H and O–H groups in total. The number of halogens is 2. The van der Waals surface area contributed by atoms with Crippen LogP contribution in [0.5, 0.6) is 0 Å². The van der Waals surface area contributed by atoms with Gasteiger partial charge in [0.05, 0.1) is 10.0 Å². The van der Waals surface area contributed by atoms with Crippen LogP contribution in [-0.2, 0) is 0 Å². The lowest BCUT2D eigenvalue weighted by Gasteiger charge is -2.04. The number of nitrogens with one attached hydrogen (secondary N) is 1. The van der Waals surface area contributed by atoms with E-state index in [1.165, 1.54) is 0 Å². The Morgan fingerprint density at radius 1 is 1.31 bits per heavy atom. The molecule has 0 radical (unpaired) electrons. The fourth-order valence-corrected chi connectivity index (χ4v) is 1.80. The van der Waals surface area contributed by atoms with Crippen molar-refractivity contribution in [1.82, 2.24) is 10.2 Å². The maximum Gasteiger partial charge on any atom is 0.269 e. The smallest absolute Gasteiger partial charge is 0.269 e. The number of nitrogens with zero attached hydrogens (tertiary/aromatic N) is 1. The molecule has 16 heavy (non-hydrogen) atoms. The minimum Gasteiger partial charge on any atom is -0.364 e. The molecule has 6 heteroatoms. The third-order valence-corrected chi connectivity index (χ3v) is 2.93. The van der Waals surface area contributed by atoms with E-state index in [0.29, 0.717) is 21.2 Å². The van der Waals surface area contributed by atoms with Crippen molar-refractivity contribution in [2.24, 2.45) is 5.73 Å². The molecule has 1 amide bonds. The van der Waals surface area contributed by atoms with E-state index in [2.05, 4.69) is 10.2 Å². The fraction of sp³-hybridized carbons (Fsp3) is 0. The number of benzene rings is 1. The number of rotatable bonds is 2. The van der Waals surface area contributed by atoms with Crippen LogP contribution in [-0.4, -0.2) is 16.1 Å². The molecule has 1 aromatic heterocycles. The first kappa shape index (κ1) is 11.0. The van der Waals surface area contributed by atoms with Crippen molar-refractivity contribution in [2.45, 2.75) is 0 Å². The third kappa shape index (κ3) is 1.77. The number of hydrogen-bond acceptors (Lipinski definition) is 2. The average molecular weight is 256 g/mol. The molecule has 0 aliphatic carbocycles. The molecule has 2 aromatic rings. The maximum atomic E-state index is 11.1. The molecular weight excluding hydrogens is 249 g/mol. The second-order valence-electron chi connectivity index (χ2n) is 3.11. The summed E-state index contributed by atoms with van der Waals surface area (Å²) in [7, 11) is 0. The summed E-state index contributed by atoms with van der Waals surface area (Å²) in [6, 6.07) is 5.14. The molecule has 0 fully saturated rings. The Morgan fingerprint density at radius 2 is 2.06 bits per heavy atom. The van der Waals surface area contributed by atoms with Crippen molar-refractivity contribution in [3.05, 3.63) is 40.1 Å². The zero-order valence-electron chi connectivity index (χ0n) is 8.00. The highest BCUT2D eigenvalue weighted by molar-refractivity contribution is 6.43. The summed E-state index contributed by atoms with van der Waals surface area (Å²) >= 11 is 11.9. The van der Waals surface area contributed by atoms with E-state index < -0.39 is 5.91 Å². The normalized spacial score (nSPS) is 10.4. The molecule has 2 rings (SSSR count). The van der Waals surface area contributed by atoms with Crippen LogP contribution in [0.15, 0.2) is 24.4 Å². The van der Waals surface area contributed by atoms with Gasteiger partial charge < -0.3 is 5.73 Å². The number of carbonyl (C=O) groups is 1. The SMILES string of the molecule is NC(=O)c1n[nH]cc1-c1cccc(Cl)c1Cl. The van der Waals surface area contributed by atoms with Gasteiger partial charge in [-0.25, -0.2) is 0 Å². The first-order chi connectivity index (χ1) is 7.61. The van der Waals surface area contributed by atoms with Crippen molar-refractivity contribution in [1.29, 1.82) is 0 Å². The van der Waals surface area contributed by atoms with E-state index >= 15 is 0 Å². The number of nitrogens with two attached hydrogens (primary N) is 1. The molecule has 0 unspecified atom stereocenters. The lowest BCUT2D eigenvalue weighted by Crippen LogP contribution is -2.12.